The molecule has 0 atom stereocenters. The van der Waals surface area contributed by atoms with E-state index >= 15 is 0 Å². The van der Waals surface area contributed by atoms with Crippen molar-refractivity contribution in [1.82, 2.24) is 5.32 Å². The van der Waals surface area contributed by atoms with Gasteiger partial charge in [0.15, 0.2) is 0 Å². The fraction of sp³-hybridized carbons (Fsp3) is 0.300. The number of carbonyl (C=O) groups is 2. The van der Waals surface area contributed by atoms with Crippen molar-refractivity contribution in [2.75, 3.05) is 5.32 Å². The quantitative estimate of drug-likeness (QED) is 0.855. The van der Waals surface area contributed by atoms with E-state index in [4.69, 9.17) is 11.6 Å². The summed E-state index contributed by atoms with van der Waals surface area (Å²) in [5.41, 5.74) is 1.87. The van der Waals surface area contributed by atoms with Gasteiger partial charge in [0.1, 0.15) is 0 Å². The van der Waals surface area contributed by atoms with Crippen LogP contribution < -0.4 is 10.6 Å². The Balaban J connectivity index is 1.45. The molecule has 0 heterocycles. The van der Waals surface area contributed by atoms with Crippen molar-refractivity contribution in [2.45, 2.75) is 37.1 Å². The molecule has 2 aliphatic rings. The highest BCUT2D eigenvalue weighted by Crippen LogP contribution is 2.49. The number of hydrogen-bond donors (Lipinski definition) is 2. The first kappa shape index (κ1) is 16.2. The Morgan fingerprint density at radius 1 is 1.04 bits per heavy atom. The lowest BCUT2D eigenvalue weighted by Crippen LogP contribution is -2.36. The van der Waals surface area contributed by atoms with E-state index < -0.39 is 0 Å². The first-order chi connectivity index (χ1) is 12.1. The third-order valence-corrected chi connectivity index (χ3v) is 5.11. The van der Waals surface area contributed by atoms with Gasteiger partial charge in [-0.3, -0.25) is 9.59 Å². The van der Waals surface area contributed by atoms with E-state index in [1.807, 2.05) is 24.3 Å². The van der Waals surface area contributed by atoms with Crippen LogP contribution in [0.3, 0.4) is 0 Å². The van der Waals surface area contributed by atoms with Crippen LogP contribution in [0.2, 0.25) is 5.02 Å². The smallest absolute Gasteiger partial charge is 0.255 e. The Labute approximate surface area is 151 Å². The molecule has 25 heavy (non-hydrogen) atoms. The highest BCUT2D eigenvalue weighted by Gasteiger charge is 2.52. The molecule has 2 N–H and O–H groups in total. The summed E-state index contributed by atoms with van der Waals surface area (Å²) in [5, 5.41) is 6.49. The third kappa shape index (κ3) is 3.40. The molecule has 4 nitrogen and oxygen atoms in total. The number of nitrogens with one attached hydrogen (secondary N) is 2. The van der Waals surface area contributed by atoms with Crippen LogP contribution in [0.1, 0.15) is 41.6 Å². The van der Waals surface area contributed by atoms with Gasteiger partial charge in [-0.1, -0.05) is 29.8 Å². The van der Waals surface area contributed by atoms with E-state index in [0.29, 0.717) is 22.3 Å². The highest BCUT2D eigenvalue weighted by atomic mass is 35.5. The minimum atomic E-state index is -0.363. The molecule has 0 unspecified atom stereocenters. The van der Waals surface area contributed by atoms with Crippen LogP contribution in [0, 0.1) is 0 Å². The predicted octanol–water partition coefficient (Wildman–Crippen LogP) is 3.90. The van der Waals surface area contributed by atoms with Crippen molar-refractivity contribution in [1.29, 1.82) is 0 Å². The fourth-order valence-corrected chi connectivity index (χ4v) is 3.22. The Bertz CT molecular complexity index is 824. The van der Waals surface area contributed by atoms with Crippen molar-refractivity contribution in [3.8, 4) is 0 Å². The normalized spacial score (nSPS) is 17.6. The van der Waals surface area contributed by atoms with E-state index in [1.54, 1.807) is 24.3 Å². The van der Waals surface area contributed by atoms with Crippen molar-refractivity contribution >= 4 is 29.1 Å². The zero-order valence-electron chi connectivity index (χ0n) is 13.7. The van der Waals surface area contributed by atoms with E-state index in [1.165, 1.54) is 0 Å². The van der Waals surface area contributed by atoms with Crippen molar-refractivity contribution in [3.63, 3.8) is 0 Å². The summed E-state index contributed by atoms with van der Waals surface area (Å²) >= 11 is 5.92. The molecule has 0 bridgehead atoms. The maximum Gasteiger partial charge on any atom is 0.255 e. The van der Waals surface area contributed by atoms with Gasteiger partial charge in [-0.25, -0.2) is 0 Å². The van der Waals surface area contributed by atoms with Gasteiger partial charge < -0.3 is 10.6 Å². The molecule has 0 saturated heterocycles. The molecule has 0 aliphatic heterocycles. The van der Waals surface area contributed by atoms with Gasteiger partial charge in [-0.05, 0) is 61.6 Å². The molecule has 2 aromatic carbocycles. The first-order valence-electron chi connectivity index (χ1n) is 8.55. The Morgan fingerprint density at radius 3 is 2.36 bits per heavy atom. The second kappa shape index (κ2) is 6.19. The van der Waals surface area contributed by atoms with Gasteiger partial charge in [-0.2, -0.15) is 0 Å². The monoisotopic (exact) mass is 354 g/mol. The second-order valence-electron chi connectivity index (χ2n) is 6.87. The number of halogens is 1. The number of carbonyl (C=O) groups excluding carboxylic acids is 2. The SMILES string of the molecule is O=C(Nc1ccc(C2(C(=O)NC3CC3)CC2)cc1)c1cccc(Cl)c1. The summed E-state index contributed by atoms with van der Waals surface area (Å²) in [6, 6.07) is 14.8. The summed E-state index contributed by atoms with van der Waals surface area (Å²) in [4.78, 5) is 24.7. The van der Waals surface area contributed by atoms with Crippen LogP contribution in [0.5, 0.6) is 0 Å². The summed E-state index contributed by atoms with van der Waals surface area (Å²) in [6.07, 6.45) is 3.96. The Kier molecular flexibility index (Phi) is 4.00. The molecule has 4 rings (SSSR count). The average Bonchev–Trinajstić information content (AvgIpc) is 3.50. The summed E-state index contributed by atoms with van der Waals surface area (Å²) in [7, 11) is 0. The largest absolute Gasteiger partial charge is 0.353 e. The molecular weight excluding hydrogens is 336 g/mol. The van der Waals surface area contributed by atoms with E-state index in [2.05, 4.69) is 10.6 Å². The Morgan fingerprint density at radius 2 is 1.76 bits per heavy atom. The van der Waals surface area contributed by atoms with Gasteiger partial charge >= 0.3 is 0 Å². The van der Waals surface area contributed by atoms with Crippen molar-refractivity contribution < 1.29 is 9.59 Å². The lowest BCUT2D eigenvalue weighted by atomic mass is 9.94. The van der Waals surface area contributed by atoms with Gasteiger partial charge in [0.05, 0.1) is 5.41 Å². The van der Waals surface area contributed by atoms with Crippen LogP contribution >= 0.6 is 11.6 Å². The van der Waals surface area contributed by atoms with E-state index in [9.17, 15) is 9.59 Å². The number of hydrogen-bond acceptors (Lipinski definition) is 2. The number of benzene rings is 2. The number of amides is 2. The topological polar surface area (TPSA) is 58.2 Å². The number of anilines is 1. The minimum Gasteiger partial charge on any atom is -0.353 e. The number of rotatable bonds is 5. The molecule has 5 heteroatoms. The van der Waals surface area contributed by atoms with Crippen molar-refractivity contribution in [3.05, 3.63) is 64.7 Å². The molecule has 0 spiro atoms. The minimum absolute atomic E-state index is 0.144. The van der Waals surface area contributed by atoms with Gasteiger partial charge in [0.2, 0.25) is 5.91 Å². The molecule has 2 aromatic rings. The third-order valence-electron chi connectivity index (χ3n) is 4.88. The lowest BCUT2D eigenvalue weighted by molar-refractivity contribution is -0.123. The summed E-state index contributed by atoms with van der Waals surface area (Å²) in [5.74, 6) is -0.0615. The van der Waals surface area contributed by atoms with Crippen LogP contribution in [0.15, 0.2) is 48.5 Å². The first-order valence-corrected chi connectivity index (χ1v) is 8.93. The fourth-order valence-electron chi connectivity index (χ4n) is 3.03. The van der Waals surface area contributed by atoms with E-state index in [-0.39, 0.29) is 17.2 Å². The van der Waals surface area contributed by atoms with Crippen molar-refractivity contribution in [2.24, 2.45) is 0 Å². The van der Waals surface area contributed by atoms with Gasteiger partial charge in [0, 0.05) is 22.3 Å². The molecule has 2 aliphatic carbocycles. The standard InChI is InChI=1S/C20H19ClN2O2/c21-15-3-1-2-13(12-15)18(24)22-16-6-4-14(5-7-16)20(10-11-20)19(25)23-17-8-9-17/h1-7,12,17H,8-11H2,(H,22,24)(H,23,25). The summed E-state index contributed by atoms with van der Waals surface area (Å²) < 4.78 is 0. The highest BCUT2D eigenvalue weighted by molar-refractivity contribution is 6.31. The van der Waals surface area contributed by atoms with Crippen LogP contribution in [0.4, 0.5) is 5.69 Å². The second-order valence-corrected chi connectivity index (χ2v) is 7.31. The van der Waals surface area contributed by atoms with Gasteiger partial charge in [0.25, 0.3) is 5.91 Å². The maximum absolute atomic E-state index is 12.5. The summed E-state index contributed by atoms with van der Waals surface area (Å²) in [6.45, 7) is 0. The maximum atomic E-state index is 12.5. The van der Waals surface area contributed by atoms with Crippen LogP contribution in [-0.2, 0) is 10.2 Å². The average molecular weight is 355 g/mol. The molecule has 128 valence electrons. The predicted molar refractivity (Wildman–Crippen MR) is 97.9 cm³/mol. The molecular formula is C20H19ClN2O2. The zero-order valence-corrected chi connectivity index (χ0v) is 14.5. The lowest BCUT2D eigenvalue weighted by Gasteiger charge is -2.16. The molecule has 2 amide bonds. The van der Waals surface area contributed by atoms with Crippen LogP contribution in [-0.4, -0.2) is 17.9 Å². The Hall–Kier alpha value is -2.33. The molecule has 2 saturated carbocycles. The molecule has 0 aromatic heterocycles. The zero-order chi connectivity index (χ0) is 17.4. The van der Waals surface area contributed by atoms with E-state index in [0.717, 1.165) is 31.2 Å². The molecule has 2 fully saturated rings. The molecule has 0 radical (unpaired) electrons. The van der Waals surface area contributed by atoms with Crippen LogP contribution in [0.25, 0.3) is 0 Å². The van der Waals surface area contributed by atoms with Gasteiger partial charge in [-0.15, -0.1) is 0 Å².